The summed E-state index contributed by atoms with van der Waals surface area (Å²) in [6, 6.07) is 10.9. The van der Waals surface area contributed by atoms with Crippen LogP contribution < -0.4 is 10.2 Å². The van der Waals surface area contributed by atoms with Crippen LogP contribution in [0.5, 0.6) is 0 Å². The lowest BCUT2D eigenvalue weighted by atomic mass is 10.1. The maximum absolute atomic E-state index is 13.0. The molecule has 2 aromatic carbocycles. The molecule has 1 fully saturated rings. The van der Waals surface area contributed by atoms with Gasteiger partial charge in [0.1, 0.15) is 11.9 Å². The number of nitrogens with zero attached hydrogens (tertiary/aromatic N) is 2. The minimum atomic E-state index is -0.938. The molecule has 3 rings (SSSR count). The Hall–Kier alpha value is -3.48. The zero-order valence-corrected chi connectivity index (χ0v) is 15.4. The van der Waals surface area contributed by atoms with Crippen molar-refractivity contribution < 1.29 is 18.8 Å². The van der Waals surface area contributed by atoms with Crippen molar-refractivity contribution >= 4 is 29.2 Å². The summed E-state index contributed by atoms with van der Waals surface area (Å²) in [4.78, 5) is 40.6. The number of amides is 4. The van der Waals surface area contributed by atoms with Gasteiger partial charge in [0.2, 0.25) is 5.91 Å². The largest absolute Gasteiger partial charge is 0.332 e. The van der Waals surface area contributed by atoms with Gasteiger partial charge in [0.25, 0.3) is 5.91 Å². The van der Waals surface area contributed by atoms with Crippen LogP contribution in [0.15, 0.2) is 61.2 Å². The minimum absolute atomic E-state index is 0.140. The van der Waals surface area contributed by atoms with Gasteiger partial charge in [-0.1, -0.05) is 18.2 Å². The van der Waals surface area contributed by atoms with E-state index in [-0.39, 0.29) is 13.0 Å². The molecule has 1 aliphatic heterocycles. The number of imide groups is 1. The first-order valence-corrected chi connectivity index (χ1v) is 8.78. The predicted octanol–water partition coefficient (Wildman–Crippen LogP) is 3.49. The van der Waals surface area contributed by atoms with Crippen molar-refractivity contribution in [1.82, 2.24) is 4.90 Å². The molecule has 1 aliphatic rings. The molecule has 1 saturated heterocycles. The summed E-state index contributed by atoms with van der Waals surface area (Å²) >= 11 is 0. The Labute approximate surface area is 162 Å². The van der Waals surface area contributed by atoms with Gasteiger partial charge in [-0.25, -0.2) is 14.1 Å². The number of aryl methyl sites for hydroxylation is 1. The van der Waals surface area contributed by atoms with E-state index in [0.717, 1.165) is 10.5 Å². The van der Waals surface area contributed by atoms with Crippen LogP contribution in [0.3, 0.4) is 0 Å². The van der Waals surface area contributed by atoms with Gasteiger partial charge in [-0.3, -0.25) is 9.59 Å². The van der Waals surface area contributed by atoms with Crippen LogP contribution in [0.1, 0.15) is 12.0 Å². The molecule has 6 nitrogen and oxygen atoms in total. The SMILES string of the molecule is C=CCN1C(=O)N(c2cccc(C)c2)C(=O)C1CC(=O)Nc1ccc(F)cc1. The van der Waals surface area contributed by atoms with Crippen molar-refractivity contribution in [2.75, 3.05) is 16.8 Å². The summed E-state index contributed by atoms with van der Waals surface area (Å²) in [6.45, 7) is 5.63. The molecule has 1 N–H and O–H groups in total. The van der Waals surface area contributed by atoms with E-state index in [1.807, 2.05) is 13.0 Å². The highest BCUT2D eigenvalue weighted by Crippen LogP contribution is 2.27. The Morgan fingerprint density at radius 3 is 2.57 bits per heavy atom. The van der Waals surface area contributed by atoms with Crippen LogP contribution in [0, 0.1) is 12.7 Å². The second-order valence-corrected chi connectivity index (χ2v) is 6.51. The van der Waals surface area contributed by atoms with Gasteiger partial charge in [0.05, 0.1) is 12.1 Å². The van der Waals surface area contributed by atoms with Gasteiger partial charge in [-0.15, -0.1) is 6.58 Å². The van der Waals surface area contributed by atoms with E-state index in [0.29, 0.717) is 11.4 Å². The van der Waals surface area contributed by atoms with Crippen molar-refractivity contribution in [3.05, 3.63) is 72.6 Å². The molecule has 1 unspecified atom stereocenters. The lowest BCUT2D eigenvalue weighted by molar-refractivity contribution is -0.124. The van der Waals surface area contributed by atoms with Gasteiger partial charge < -0.3 is 10.2 Å². The first-order valence-electron chi connectivity index (χ1n) is 8.78. The van der Waals surface area contributed by atoms with Crippen molar-refractivity contribution in [2.24, 2.45) is 0 Å². The highest BCUT2D eigenvalue weighted by molar-refractivity contribution is 6.22. The Kier molecular flexibility index (Phi) is 5.54. The predicted molar refractivity (Wildman–Crippen MR) is 104 cm³/mol. The molecule has 0 aliphatic carbocycles. The van der Waals surface area contributed by atoms with Crippen LogP contribution in [-0.4, -0.2) is 35.3 Å². The third kappa shape index (κ3) is 3.93. The molecule has 0 aromatic heterocycles. The molecule has 2 aromatic rings. The molecular weight excluding hydrogens is 361 g/mol. The number of hydrogen-bond acceptors (Lipinski definition) is 3. The fourth-order valence-corrected chi connectivity index (χ4v) is 3.11. The van der Waals surface area contributed by atoms with E-state index >= 15 is 0 Å². The number of urea groups is 1. The maximum Gasteiger partial charge on any atom is 0.332 e. The third-order valence-corrected chi connectivity index (χ3v) is 4.41. The molecule has 0 spiro atoms. The number of halogens is 1. The average molecular weight is 381 g/mol. The fraction of sp³-hybridized carbons (Fsp3) is 0.190. The highest BCUT2D eigenvalue weighted by atomic mass is 19.1. The zero-order chi connectivity index (χ0) is 20.3. The second kappa shape index (κ2) is 8.04. The van der Waals surface area contributed by atoms with E-state index < -0.39 is 29.7 Å². The number of hydrogen-bond donors (Lipinski definition) is 1. The van der Waals surface area contributed by atoms with Crippen LogP contribution in [0.25, 0.3) is 0 Å². The molecule has 0 saturated carbocycles. The topological polar surface area (TPSA) is 69.7 Å². The lowest BCUT2D eigenvalue weighted by Crippen LogP contribution is -2.38. The van der Waals surface area contributed by atoms with E-state index in [9.17, 15) is 18.8 Å². The summed E-state index contributed by atoms with van der Waals surface area (Å²) in [6.07, 6.45) is 1.30. The van der Waals surface area contributed by atoms with Gasteiger partial charge in [-0.2, -0.15) is 0 Å². The molecular formula is C21H20FN3O3. The Morgan fingerprint density at radius 2 is 1.93 bits per heavy atom. The number of anilines is 2. The summed E-state index contributed by atoms with van der Waals surface area (Å²) in [7, 11) is 0. The molecule has 4 amide bonds. The number of carbonyl (C=O) groups is 3. The summed E-state index contributed by atoms with van der Waals surface area (Å²) in [5.41, 5.74) is 1.78. The summed E-state index contributed by atoms with van der Waals surface area (Å²) in [5, 5.41) is 2.62. The highest BCUT2D eigenvalue weighted by Gasteiger charge is 2.46. The van der Waals surface area contributed by atoms with Crippen LogP contribution >= 0.6 is 0 Å². The lowest BCUT2D eigenvalue weighted by Gasteiger charge is -2.19. The Morgan fingerprint density at radius 1 is 1.21 bits per heavy atom. The van der Waals surface area contributed by atoms with Crippen molar-refractivity contribution in [3.8, 4) is 0 Å². The van der Waals surface area contributed by atoms with Gasteiger partial charge in [0, 0.05) is 12.2 Å². The number of carbonyl (C=O) groups excluding carboxylic acids is 3. The van der Waals surface area contributed by atoms with Crippen LogP contribution in [-0.2, 0) is 9.59 Å². The Bertz CT molecular complexity index is 927. The standard InChI is InChI=1S/C21H20FN3O3/c1-3-11-24-18(13-19(26)23-16-9-7-15(22)8-10-16)20(27)25(21(24)28)17-6-4-5-14(2)12-17/h3-10,12,18H,1,11,13H2,2H3,(H,23,26). The van der Waals surface area contributed by atoms with Crippen LogP contribution in [0.4, 0.5) is 20.6 Å². The smallest absolute Gasteiger partial charge is 0.326 e. The van der Waals surface area contributed by atoms with E-state index in [1.165, 1.54) is 35.2 Å². The summed E-state index contributed by atoms with van der Waals surface area (Å²) in [5.74, 6) is -1.33. The van der Waals surface area contributed by atoms with Crippen LogP contribution in [0.2, 0.25) is 0 Å². The van der Waals surface area contributed by atoms with Crippen molar-refractivity contribution in [2.45, 2.75) is 19.4 Å². The van der Waals surface area contributed by atoms with E-state index in [1.54, 1.807) is 18.2 Å². The number of nitrogens with one attached hydrogen (secondary N) is 1. The van der Waals surface area contributed by atoms with Gasteiger partial charge in [-0.05, 0) is 48.9 Å². The molecule has 1 heterocycles. The van der Waals surface area contributed by atoms with E-state index in [2.05, 4.69) is 11.9 Å². The number of benzene rings is 2. The summed E-state index contributed by atoms with van der Waals surface area (Å²) < 4.78 is 13.0. The van der Waals surface area contributed by atoms with Gasteiger partial charge in [0.15, 0.2) is 0 Å². The fourth-order valence-electron chi connectivity index (χ4n) is 3.11. The normalized spacial score (nSPS) is 16.4. The average Bonchev–Trinajstić information content (AvgIpc) is 2.88. The molecule has 0 bridgehead atoms. The first-order chi connectivity index (χ1) is 13.4. The maximum atomic E-state index is 13.0. The van der Waals surface area contributed by atoms with Crippen molar-refractivity contribution in [1.29, 1.82) is 0 Å². The molecule has 1 atom stereocenters. The monoisotopic (exact) mass is 381 g/mol. The third-order valence-electron chi connectivity index (χ3n) is 4.41. The second-order valence-electron chi connectivity index (χ2n) is 6.51. The molecule has 144 valence electrons. The zero-order valence-electron chi connectivity index (χ0n) is 15.4. The first kappa shape index (κ1) is 19.3. The molecule has 7 heteroatoms. The number of rotatable bonds is 6. The molecule has 0 radical (unpaired) electrons. The molecule has 28 heavy (non-hydrogen) atoms. The quantitative estimate of drug-likeness (QED) is 0.615. The minimum Gasteiger partial charge on any atom is -0.326 e. The van der Waals surface area contributed by atoms with Gasteiger partial charge >= 0.3 is 6.03 Å². The Balaban J connectivity index is 1.80. The van der Waals surface area contributed by atoms with E-state index in [4.69, 9.17) is 0 Å². The van der Waals surface area contributed by atoms with Crippen molar-refractivity contribution in [3.63, 3.8) is 0 Å².